The predicted molar refractivity (Wildman–Crippen MR) is 116 cm³/mol. The van der Waals surface area contributed by atoms with E-state index >= 15 is 0 Å². The molecule has 0 saturated heterocycles. The Morgan fingerprint density at radius 2 is 1.55 bits per heavy atom. The zero-order valence-corrected chi connectivity index (χ0v) is 16.9. The first-order valence-corrected chi connectivity index (χ1v) is 11.0. The molecule has 0 N–H and O–H groups in total. The van der Waals surface area contributed by atoms with Gasteiger partial charge in [0.1, 0.15) is 11.5 Å². The van der Waals surface area contributed by atoms with Crippen molar-refractivity contribution in [1.82, 2.24) is 9.78 Å². The molecule has 1 unspecified atom stereocenters. The highest BCUT2D eigenvalue weighted by molar-refractivity contribution is 7.84. The Morgan fingerprint density at radius 3 is 2.21 bits per heavy atom. The molecule has 0 saturated carbocycles. The third-order valence-electron chi connectivity index (χ3n) is 4.85. The standard InChI is InChI=1S/C24H21FN2OS/c1-29(28)22-13-9-20(10-14-22)24-23(19-7-11-21(25)12-8-19)17-27(26-24)16-15-18-5-3-2-4-6-18/h2-14,17H,15-16H2,1H3. The van der Waals surface area contributed by atoms with E-state index in [9.17, 15) is 8.60 Å². The minimum Gasteiger partial charge on any atom is -0.271 e. The normalized spacial score (nSPS) is 12.1. The lowest BCUT2D eigenvalue weighted by Gasteiger charge is -2.04. The van der Waals surface area contributed by atoms with E-state index < -0.39 is 10.8 Å². The molecule has 0 fully saturated rings. The highest BCUT2D eigenvalue weighted by Crippen LogP contribution is 2.31. The number of hydrogen-bond acceptors (Lipinski definition) is 2. The Kier molecular flexibility index (Phi) is 5.67. The molecule has 1 heterocycles. The van der Waals surface area contributed by atoms with Gasteiger partial charge in [0.2, 0.25) is 0 Å². The van der Waals surface area contributed by atoms with Crippen LogP contribution in [0.5, 0.6) is 0 Å². The van der Waals surface area contributed by atoms with Crippen molar-refractivity contribution in [1.29, 1.82) is 0 Å². The summed E-state index contributed by atoms with van der Waals surface area (Å²) in [5, 5.41) is 4.82. The first-order chi connectivity index (χ1) is 14.1. The summed E-state index contributed by atoms with van der Waals surface area (Å²) in [6.45, 7) is 0.745. The SMILES string of the molecule is CS(=O)c1ccc(-c2nn(CCc3ccccc3)cc2-c2ccc(F)cc2)cc1. The smallest absolute Gasteiger partial charge is 0.123 e. The molecule has 0 aliphatic carbocycles. The molecule has 29 heavy (non-hydrogen) atoms. The molecule has 3 nitrogen and oxygen atoms in total. The molecule has 0 aliphatic rings. The predicted octanol–water partition coefficient (Wildman–Crippen LogP) is 5.34. The molecule has 0 amide bonds. The van der Waals surface area contributed by atoms with Crippen LogP contribution in [0.2, 0.25) is 0 Å². The van der Waals surface area contributed by atoms with Crippen molar-refractivity contribution in [2.24, 2.45) is 0 Å². The van der Waals surface area contributed by atoms with E-state index in [2.05, 4.69) is 12.1 Å². The van der Waals surface area contributed by atoms with Crippen molar-refractivity contribution in [3.63, 3.8) is 0 Å². The molecule has 5 heteroatoms. The summed E-state index contributed by atoms with van der Waals surface area (Å²) in [7, 11) is -1.02. The molecule has 0 radical (unpaired) electrons. The maximum atomic E-state index is 13.4. The Bertz CT molecular complexity index is 1120. The number of aryl methyl sites for hydroxylation is 2. The first-order valence-electron chi connectivity index (χ1n) is 9.41. The van der Waals surface area contributed by atoms with E-state index in [1.54, 1.807) is 18.4 Å². The van der Waals surface area contributed by atoms with Gasteiger partial charge in [0.25, 0.3) is 0 Å². The average Bonchev–Trinajstić information content (AvgIpc) is 3.18. The largest absolute Gasteiger partial charge is 0.271 e. The van der Waals surface area contributed by atoms with Gasteiger partial charge in [-0.05, 0) is 41.8 Å². The van der Waals surface area contributed by atoms with Gasteiger partial charge in [-0.1, -0.05) is 54.6 Å². The van der Waals surface area contributed by atoms with E-state index in [0.717, 1.165) is 40.2 Å². The summed E-state index contributed by atoms with van der Waals surface area (Å²) in [5.74, 6) is -0.262. The van der Waals surface area contributed by atoms with Gasteiger partial charge < -0.3 is 0 Å². The van der Waals surface area contributed by atoms with Crippen LogP contribution in [0.3, 0.4) is 0 Å². The van der Waals surface area contributed by atoms with Crippen molar-refractivity contribution >= 4 is 10.8 Å². The van der Waals surface area contributed by atoms with Crippen molar-refractivity contribution < 1.29 is 8.60 Å². The second kappa shape index (κ2) is 8.53. The minimum absolute atomic E-state index is 0.262. The molecule has 4 rings (SSSR count). The lowest BCUT2D eigenvalue weighted by Crippen LogP contribution is -2.02. The number of aromatic nitrogens is 2. The molecule has 0 aliphatic heterocycles. The quantitative estimate of drug-likeness (QED) is 0.435. The van der Waals surface area contributed by atoms with Gasteiger partial charge in [-0.25, -0.2) is 4.39 Å². The summed E-state index contributed by atoms with van der Waals surface area (Å²) < 4.78 is 27.0. The van der Waals surface area contributed by atoms with Crippen LogP contribution >= 0.6 is 0 Å². The summed E-state index contributed by atoms with van der Waals surface area (Å²) >= 11 is 0. The first kappa shape index (κ1) is 19.3. The Balaban J connectivity index is 1.70. The zero-order chi connectivity index (χ0) is 20.2. The van der Waals surface area contributed by atoms with Crippen molar-refractivity contribution in [3.05, 3.63) is 96.4 Å². The fourth-order valence-corrected chi connectivity index (χ4v) is 3.80. The van der Waals surface area contributed by atoms with Crippen LogP contribution in [0.25, 0.3) is 22.4 Å². The molecule has 3 aromatic carbocycles. The summed E-state index contributed by atoms with van der Waals surface area (Å²) in [6.07, 6.45) is 4.55. The Labute approximate surface area is 172 Å². The summed E-state index contributed by atoms with van der Waals surface area (Å²) in [6, 6.07) is 24.4. The molecular weight excluding hydrogens is 383 g/mol. The molecule has 146 valence electrons. The van der Waals surface area contributed by atoms with Gasteiger partial charge in [0.15, 0.2) is 0 Å². The molecule has 4 aromatic rings. The highest BCUT2D eigenvalue weighted by Gasteiger charge is 2.14. The Hall–Kier alpha value is -3.05. The number of nitrogens with zero attached hydrogens (tertiary/aromatic N) is 2. The van der Waals surface area contributed by atoms with Crippen LogP contribution < -0.4 is 0 Å². The molecule has 1 aromatic heterocycles. The number of benzene rings is 3. The van der Waals surface area contributed by atoms with Crippen LogP contribution in [-0.2, 0) is 23.8 Å². The van der Waals surface area contributed by atoms with Crippen molar-refractivity contribution in [2.75, 3.05) is 6.26 Å². The van der Waals surface area contributed by atoms with Gasteiger partial charge >= 0.3 is 0 Å². The van der Waals surface area contributed by atoms with Gasteiger partial charge in [-0.3, -0.25) is 8.89 Å². The maximum Gasteiger partial charge on any atom is 0.123 e. The van der Waals surface area contributed by atoms with Gasteiger partial charge in [0, 0.05) is 45.8 Å². The summed E-state index contributed by atoms with van der Waals surface area (Å²) in [5.41, 5.74) is 4.89. The second-order valence-corrected chi connectivity index (χ2v) is 8.26. The third kappa shape index (κ3) is 4.51. The van der Waals surface area contributed by atoms with E-state index in [0.29, 0.717) is 0 Å². The van der Waals surface area contributed by atoms with E-state index in [1.807, 2.05) is 53.3 Å². The third-order valence-corrected chi connectivity index (χ3v) is 5.79. The van der Waals surface area contributed by atoms with Crippen LogP contribution in [0, 0.1) is 5.82 Å². The highest BCUT2D eigenvalue weighted by atomic mass is 32.2. The number of halogens is 1. The van der Waals surface area contributed by atoms with Gasteiger partial charge in [0.05, 0.1) is 0 Å². The number of hydrogen-bond donors (Lipinski definition) is 0. The molecular formula is C24H21FN2OS. The lowest BCUT2D eigenvalue weighted by molar-refractivity contribution is 0.617. The average molecular weight is 405 g/mol. The van der Waals surface area contributed by atoms with Crippen LogP contribution in [0.4, 0.5) is 4.39 Å². The minimum atomic E-state index is -1.02. The number of rotatable bonds is 6. The van der Waals surface area contributed by atoms with Gasteiger partial charge in [-0.2, -0.15) is 5.10 Å². The molecule has 1 atom stereocenters. The molecule has 0 spiro atoms. The summed E-state index contributed by atoms with van der Waals surface area (Å²) in [4.78, 5) is 0.778. The second-order valence-electron chi connectivity index (χ2n) is 6.88. The topological polar surface area (TPSA) is 34.9 Å². The van der Waals surface area contributed by atoms with E-state index in [4.69, 9.17) is 5.10 Å². The van der Waals surface area contributed by atoms with Crippen LogP contribution in [-0.4, -0.2) is 20.2 Å². The Morgan fingerprint density at radius 1 is 0.897 bits per heavy atom. The fourth-order valence-electron chi connectivity index (χ4n) is 3.28. The zero-order valence-electron chi connectivity index (χ0n) is 16.1. The van der Waals surface area contributed by atoms with Crippen LogP contribution in [0.1, 0.15) is 5.56 Å². The van der Waals surface area contributed by atoms with Crippen LogP contribution in [0.15, 0.2) is 90.0 Å². The van der Waals surface area contributed by atoms with E-state index in [1.165, 1.54) is 17.7 Å². The maximum absolute atomic E-state index is 13.4. The van der Waals surface area contributed by atoms with Crippen molar-refractivity contribution in [3.8, 4) is 22.4 Å². The molecule has 0 bridgehead atoms. The van der Waals surface area contributed by atoms with Gasteiger partial charge in [-0.15, -0.1) is 0 Å². The van der Waals surface area contributed by atoms with Crippen molar-refractivity contribution in [2.45, 2.75) is 17.9 Å². The van der Waals surface area contributed by atoms with E-state index in [-0.39, 0.29) is 5.82 Å². The monoisotopic (exact) mass is 404 g/mol. The lowest BCUT2D eigenvalue weighted by atomic mass is 10.0. The fraction of sp³-hybridized carbons (Fsp3) is 0.125.